The largest absolute Gasteiger partial charge is 0.459 e. The van der Waals surface area contributed by atoms with Crippen molar-refractivity contribution in [1.29, 1.82) is 0 Å². The van der Waals surface area contributed by atoms with Crippen LogP contribution in [0.1, 0.15) is 41.8 Å². The maximum atomic E-state index is 12.0. The van der Waals surface area contributed by atoms with Crippen molar-refractivity contribution < 1.29 is 28.3 Å². The van der Waals surface area contributed by atoms with E-state index in [1.807, 2.05) is 12.1 Å². The highest BCUT2D eigenvalue weighted by Gasteiger charge is 2.22. The van der Waals surface area contributed by atoms with E-state index in [0.29, 0.717) is 38.1 Å². The highest BCUT2D eigenvalue weighted by molar-refractivity contribution is 6.12. The minimum absolute atomic E-state index is 0.258. The fourth-order valence-corrected chi connectivity index (χ4v) is 3.09. The Morgan fingerprint density at radius 2 is 1.71 bits per heavy atom. The van der Waals surface area contributed by atoms with Gasteiger partial charge in [-0.3, -0.25) is 24.1 Å². The minimum Gasteiger partial charge on any atom is -0.459 e. The van der Waals surface area contributed by atoms with E-state index in [0.717, 1.165) is 12.0 Å². The molecular weight excluding hydrogens is 400 g/mol. The molecule has 0 spiro atoms. The van der Waals surface area contributed by atoms with Gasteiger partial charge in [0, 0.05) is 31.7 Å². The molecule has 1 aliphatic heterocycles. The lowest BCUT2D eigenvalue weighted by Gasteiger charge is -2.13. The van der Waals surface area contributed by atoms with Crippen molar-refractivity contribution in [2.75, 3.05) is 13.1 Å². The Balaban J connectivity index is 1.29. The predicted molar refractivity (Wildman–Crippen MR) is 111 cm³/mol. The number of carbonyl (C=O) groups is 4. The highest BCUT2D eigenvalue weighted by Crippen LogP contribution is 2.14. The van der Waals surface area contributed by atoms with Crippen LogP contribution in [0.2, 0.25) is 0 Å². The number of amides is 3. The van der Waals surface area contributed by atoms with Gasteiger partial charge in [0.05, 0.1) is 6.26 Å². The zero-order valence-electron chi connectivity index (χ0n) is 17.0. The average Bonchev–Trinajstić information content (AvgIpc) is 3.40. The Hall–Kier alpha value is -3.68. The van der Waals surface area contributed by atoms with Crippen LogP contribution in [0, 0.1) is 0 Å². The molecule has 0 fully saturated rings. The lowest BCUT2D eigenvalue weighted by atomic mass is 10.1. The van der Waals surface area contributed by atoms with E-state index in [4.69, 9.17) is 9.15 Å². The van der Waals surface area contributed by atoms with Gasteiger partial charge in [0.25, 0.3) is 17.7 Å². The Morgan fingerprint density at radius 1 is 0.968 bits per heavy atom. The van der Waals surface area contributed by atoms with Crippen molar-refractivity contribution in [3.63, 3.8) is 0 Å². The second-order valence-electron chi connectivity index (χ2n) is 7.07. The van der Waals surface area contributed by atoms with E-state index >= 15 is 0 Å². The summed E-state index contributed by atoms with van der Waals surface area (Å²) in [5.41, 5.74) is 1.00. The van der Waals surface area contributed by atoms with E-state index in [2.05, 4.69) is 5.32 Å². The number of imide groups is 1. The number of rotatable bonds is 11. The first kappa shape index (κ1) is 22.0. The molecule has 3 rings (SSSR count). The van der Waals surface area contributed by atoms with Gasteiger partial charge < -0.3 is 14.5 Å². The highest BCUT2D eigenvalue weighted by atomic mass is 16.5. The lowest BCUT2D eigenvalue weighted by Crippen LogP contribution is -2.30. The van der Waals surface area contributed by atoms with Crippen LogP contribution >= 0.6 is 0 Å². The molecule has 8 nitrogen and oxygen atoms in total. The predicted octanol–water partition coefficient (Wildman–Crippen LogP) is 2.64. The van der Waals surface area contributed by atoms with Gasteiger partial charge in [0.1, 0.15) is 5.75 Å². The summed E-state index contributed by atoms with van der Waals surface area (Å²) in [7, 11) is 0. The van der Waals surface area contributed by atoms with Crippen molar-refractivity contribution in [3.8, 4) is 5.75 Å². The maximum absolute atomic E-state index is 12.0. The summed E-state index contributed by atoms with van der Waals surface area (Å²) >= 11 is 0. The van der Waals surface area contributed by atoms with Crippen LogP contribution < -0.4 is 10.1 Å². The lowest BCUT2D eigenvalue weighted by molar-refractivity contribution is -0.137. The number of unbranched alkanes of at least 4 members (excludes halogenated alkanes) is 2. The van der Waals surface area contributed by atoms with Crippen LogP contribution in [0.3, 0.4) is 0 Å². The summed E-state index contributed by atoms with van der Waals surface area (Å²) in [6.07, 6.45) is 6.87. The first-order valence-corrected chi connectivity index (χ1v) is 10.2. The van der Waals surface area contributed by atoms with Crippen molar-refractivity contribution >= 4 is 23.7 Å². The summed E-state index contributed by atoms with van der Waals surface area (Å²) in [5.74, 6) is -0.412. The van der Waals surface area contributed by atoms with Crippen LogP contribution in [0.25, 0.3) is 0 Å². The number of hydrogen-bond donors (Lipinski definition) is 1. The molecule has 1 aromatic heterocycles. The van der Waals surface area contributed by atoms with Gasteiger partial charge in [-0.05, 0) is 49.1 Å². The Morgan fingerprint density at radius 3 is 2.39 bits per heavy atom. The molecule has 3 amide bonds. The van der Waals surface area contributed by atoms with Crippen LogP contribution in [-0.4, -0.2) is 41.7 Å². The van der Waals surface area contributed by atoms with Crippen LogP contribution in [0.15, 0.2) is 59.2 Å². The molecule has 1 N–H and O–H groups in total. The molecule has 1 aliphatic rings. The standard InChI is InChI=1S/C23H24N2O6/c26-20-11-12-21(27)25(20)15-3-1-2-6-22(28)31-18-9-7-17(8-10-18)13-14-24-23(29)19-5-4-16-30-19/h4-5,7-12,16H,1-3,6,13-15H2,(H,24,29). The fourth-order valence-electron chi connectivity index (χ4n) is 3.09. The first-order chi connectivity index (χ1) is 15.0. The topological polar surface area (TPSA) is 106 Å². The zero-order valence-corrected chi connectivity index (χ0v) is 17.0. The number of ether oxygens (including phenoxy) is 1. The molecule has 0 unspecified atom stereocenters. The monoisotopic (exact) mass is 424 g/mol. The number of nitrogens with zero attached hydrogens (tertiary/aromatic N) is 1. The molecule has 0 saturated heterocycles. The van der Waals surface area contributed by atoms with Gasteiger partial charge in [-0.25, -0.2) is 0 Å². The van der Waals surface area contributed by atoms with Gasteiger partial charge in [-0.15, -0.1) is 0 Å². The molecule has 0 saturated carbocycles. The van der Waals surface area contributed by atoms with Gasteiger partial charge in [-0.1, -0.05) is 18.6 Å². The SMILES string of the molecule is O=C(CCCCCN1C(=O)C=CC1=O)Oc1ccc(CCNC(=O)c2ccco2)cc1. The fraction of sp³-hybridized carbons (Fsp3) is 0.304. The summed E-state index contributed by atoms with van der Waals surface area (Å²) < 4.78 is 10.4. The molecule has 162 valence electrons. The minimum atomic E-state index is -0.326. The van der Waals surface area contributed by atoms with Crippen LogP contribution in [0.4, 0.5) is 0 Å². The molecule has 0 aliphatic carbocycles. The average molecular weight is 424 g/mol. The summed E-state index contributed by atoms with van der Waals surface area (Å²) in [6, 6.07) is 10.4. The first-order valence-electron chi connectivity index (χ1n) is 10.2. The number of carbonyl (C=O) groups excluding carboxylic acids is 4. The van der Waals surface area contributed by atoms with Crippen molar-refractivity contribution in [3.05, 3.63) is 66.1 Å². The third kappa shape index (κ3) is 6.67. The maximum Gasteiger partial charge on any atom is 0.311 e. The Kier molecular flexibility index (Phi) is 7.75. The molecule has 2 heterocycles. The van der Waals surface area contributed by atoms with E-state index < -0.39 is 0 Å². The second kappa shape index (κ2) is 10.9. The molecule has 0 radical (unpaired) electrons. The Bertz CT molecular complexity index is 929. The molecule has 2 aromatic rings. The number of benzene rings is 1. The molecule has 31 heavy (non-hydrogen) atoms. The third-order valence-corrected chi connectivity index (χ3v) is 4.76. The van der Waals surface area contributed by atoms with Crippen molar-refractivity contribution in [2.45, 2.75) is 32.1 Å². The number of esters is 1. The van der Waals surface area contributed by atoms with Gasteiger partial charge in [-0.2, -0.15) is 0 Å². The van der Waals surface area contributed by atoms with Crippen molar-refractivity contribution in [2.24, 2.45) is 0 Å². The van der Waals surface area contributed by atoms with Crippen LogP contribution in [-0.2, 0) is 20.8 Å². The molecular formula is C23H24N2O6. The summed E-state index contributed by atoms with van der Waals surface area (Å²) in [6.45, 7) is 0.826. The quantitative estimate of drug-likeness (QED) is 0.257. The normalized spacial score (nSPS) is 13.0. The van der Waals surface area contributed by atoms with E-state index in [1.54, 1.807) is 24.3 Å². The molecule has 0 atom stereocenters. The van der Waals surface area contributed by atoms with E-state index in [9.17, 15) is 19.2 Å². The number of furan rings is 1. The summed E-state index contributed by atoms with van der Waals surface area (Å²) in [5, 5.41) is 2.77. The van der Waals surface area contributed by atoms with Crippen molar-refractivity contribution in [1.82, 2.24) is 10.2 Å². The smallest absolute Gasteiger partial charge is 0.311 e. The van der Waals surface area contributed by atoms with Crippen LogP contribution in [0.5, 0.6) is 5.75 Å². The van der Waals surface area contributed by atoms with Gasteiger partial charge in [0.2, 0.25) is 0 Å². The van der Waals surface area contributed by atoms with E-state index in [1.165, 1.54) is 23.3 Å². The zero-order chi connectivity index (χ0) is 22.1. The summed E-state index contributed by atoms with van der Waals surface area (Å²) in [4.78, 5) is 47.9. The number of hydrogen-bond acceptors (Lipinski definition) is 6. The molecule has 0 bridgehead atoms. The third-order valence-electron chi connectivity index (χ3n) is 4.76. The molecule has 1 aromatic carbocycles. The molecule has 8 heteroatoms. The van der Waals surface area contributed by atoms with Gasteiger partial charge >= 0.3 is 5.97 Å². The van der Waals surface area contributed by atoms with E-state index in [-0.39, 0.29) is 35.9 Å². The Labute approximate surface area is 179 Å². The van der Waals surface area contributed by atoms with Gasteiger partial charge in [0.15, 0.2) is 5.76 Å². The second-order valence-corrected chi connectivity index (χ2v) is 7.07. The number of nitrogens with one attached hydrogen (secondary N) is 1.